The molecule has 0 aliphatic heterocycles. The van der Waals surface area contributed by atoms with Crippen LogP contribution in [0.1, 0.15) is 25.1 Å². The van der Waals surface area contributed by atoms with Crippen LogP contribution in [0.3, 0.4) is 0 Å². The van der Waals surface area contributed by atoms with Crippen LogP contribution in [-0.2, 0) is 4.79 Å². The summed E-state index contributed by atoms with van der Waals surface area (Å²) in [5.74, 6) is 0.513. The lowest BCUT2D eigenvalue weighted by Crippen LogP contribution is -2.23. The van der Waals surface area contributed by atoms with Gasteiger partial charge in [0.2, 0.25) is 5.91 Å². The Morgan fingerprint density at radius 1 is 1.60 bits per heavy atom. The summed E-state index contributed by atoms with van der Waals surface area (Å²) in [6.45, 7) is 1.71. The highest BCUT2D eigenvalue weighted by Gasteiger charge is 2.20. The van der Waals surface area contributed by atoms with Crippen molar-refractivity contribution in [1.82, 2.24) is 10.1 Å². The van der Waals surface area contributed by atoms with Crippen molar-refractivity contribution in [2.75, 3.05) is 5.32 Å². The van der Waals surface area contributed by atoms with Crippen LogP contribution < -0.4 is 5.32 Å². The largest absolute Gasteiger partial charge is 0.328 e. The predicted molar refractivity (Wildman–Crippen MR) is 54.1 cm³/mol. The zero-order chi connectivity index (χ0) is 10.7. The number of hydrogen-bond acceptors (Lipinski definition) is 4. The van der Waals surface area contributed by atoms with E-state index in [1.165, 1.54) is 0 Å². The van der Waals surface area contributed by atoms with Crippen molar-refractivity contribution < 1.29 is 9.32 Å². The molecule has 1 atom stereocenters. The number of allylic oxidation sites excluding steroid dienone is 2. The number of nitrogens with zero attached hydrogens (tertiary/aromatic N) is 2. The fourth-order valence-corrected chi connectivity index (χ4v) is 1.59. The van der Waals surface area contributed by atoms with Crippen molar-refractivity contribution in [3.05, 3.63) is 18.0 Å². The van der Waals surface area contributed by atoms with Gasteiger partial charge in [-0.15, -0.1) is 0 Å². The molecule has 0 saturated heterocycles. The minimum absolute atomic E-state index is 0.0298. The van der Waals surface area contributed by atoms with Crippen LogP contribution in [-0.4, -0.2) is 16.0 Å². The lowest BCUT2D eigenvalue weighted by molar-refractivity contribution is -0.120. The van der Waals surface area contributed by atoms with Gasteiger partial charge >= 0.3 is 6.01 Å². The highest BCUT2D eigenvalue weighted by molar-refractivity contribution is 5.90. The molecule has 1 aliphatic rings. The van der Waals surface area contributed by atoms with Crippen LogP contribution in [0.2, 0.25) is 0 Å². The van der Waals surface area contributed by atoms with E-state index in [9.17, 15) is 4.79 Å². The van der Waals surface area contributed by atoms with Crippen LogP contribution in [0.5, 0.6) is 0 Å². The number of aryl methyl sites for hydroxylation is 1. The van der Waals surface area contributed by atoms with Crippen molar-refractivity contribution in [3.8, 4) is 0 Å². The average Bonchev–Trinajstić information content (AvgIpc) is 2.65. The summed E-state index contributed by atoms with van der Waals surface area (Å²) in [7, 11) is 0. The zero-order valence-electron chi connectivity index (χ0n) is 8.56. The first kappa shape index (κ1) is 9.89. The van der Waals surface area contributed by atoms with E-state index >= 15 is 0 Å². The molecule has 80 valence electrons. The van der Waals surface area contributed by atoms with Crippen LogP contribution in [0.4, 0.5) is 6.01 Å². The van der Waals surface area contributed by atoms with E-state index in [-0.39, 0.29) is 17.8 Å². The van der Waals surface area contributed by atoms with Gasteiger partial charge in [-0.3, -0.25) is 10.1 Å². The molecule has 15 heavy (non-hydrogen) atoms. The molecule has 0 fully saturated rings. The molecule has 1 amide bonds. The summed E-state index contributed by atoms with van der Waals surface area (Å²) in [5, 5.41) is 6.22. The van der Waals surface area contributed by atoms with E-state index in [1.54, 1.807) is 6.92 Å². The van der Waals surface area contributed by atoms with E-state index < -0.39 is 0 Å². The second kappa shape index (κ2) is 4.25. The second-order valence-corrected chi connectivity index (χ2v) is 3.62. The van der Waals surface area contributed by atoms with Gasteiger partial charge in [0.05, 0.1) is 0 Å². The fourth-order valence-electron chi connectivity index (χ4n) is 1.59. The van der Waals surface area contributed by atoms with Crippen molar-refractivity contribution in [3.63, 3.8) is 0 Å². The topological polar surface area (TPSA) is 68.0 Å². The Morgan fingerprint density at radius 3 is 3.07 bits per heavy atom. The molecule has 1 N–H and O–H groups in total. The van der Waals surface area contributed by atoms with Gasteiger partial charge in [-0.25, -0.2) is 0 Å². The molecular weight excluding hydrogens is 194 g/mol. The van der Waals surface area contributed by atoms with Gasteiger partial charge in [0.25, 0.3) is 0 Å². The van der Waals surface area contributed by atoms with Gasteiger partial charge in [0.1, 0.15) is 0 Å². The Hall–Kier alpha value is -1.65. The zero-order valence-corrected chi connectivity index (χ0v) is 8.56. The summed E-state index contributed by atoms with van der Waals surface area (Å²) in [6, 6.07) is 0.187. The minimum atomic E-state index is -0.0389. The lowest BCUT2D eigenvalue weighted by Gasteiger charge is -2.15. The third-order valence-electron chi connectivity index (χ3n) is 2.40. The van der Waals surface area contributed by atoms with E-state index in [0.717, 1.165) is 19.3 Å². The van der Waals surface area contributed by atoms with Gasteiger partial charge in [-0.1, -0.05) is 17.3 Å². The molecule has 1 heterocycles. The van der Waals surface area contributed by atoms with Crippen molar-refractivity contribution in [2.45, 2.75) is 26.2 Å². The number of rotatable bonds is 2. The summed E-state index contributed by atoms with van der Waals surface area (Å²) in [6.07, 6.45) is 6.77. The molecule has 1 aromatic heterocycles. The number of aromatic nitrogens is 2. The molecular formula is C10H13N3O2. The third kappa shape index (κ3) is 2.43. The highest BCUT2D eigenvalue weighted by atomic mass is 16.5. The first-order chi connectivity index (χ1) is 7.25. The normalized spacial score (nSPS) is 20.2. The molecule has 0 aromatic carbocycles. The van der Waals surface area contributed by atoms with Crippen LogP contribution >= 0.6 is 0 Å². The molecule has 2 rings (SSSR count). The monoisotopic (exact) mass is 207 g/mol. The molecule has 0 radical (unpaired) electrons. The van der Waals surface area contributed by atoms with Gasteiger partial charge in [-0.05, 0) is 26.2 Å². The number of anilines is 1. The van der Waals surface area contributed by atoms with Gasteiger partial charge < -0.3 is 4.52 Å². The van der Waals surface area contributed by atoms with Crippen molar-refractivity contribution in [2.24, 2.45) is 5.92 Å². The summed E-state index contributed by atoms with van der Waals surface area (Å²) >= 11 is 0. The smallest absolute Gasteiger partial charge is 0.315 e. The number of amides is 1. The molecule has 0 saturated carbocycles. The number of carbonyl (C=O) groups excluding carboxylic acids is 1. The Morgan fingerprint density at radius 2 is 2.47 bits per heavy atom. The van der Waals surface area contributed by atoms with Gasteiger partial charge in [0, 0.05) is 5.92 Å². The Kier molecular flexibility index (Phi) is 2.80. The summed E-state index contributed by atoms with van der Waals surface area (Å²) < 4.78 is 4.81. The Bertz CT molecular complexity index is 384. The maximum Gasteiger partial charge on any atom is 0.328 e. The second-order valence-electron chi connectivity index (χ2n) is 3.62. The van der Waals surface area contributed by atoms with E-state index in [0.29, 0.717) is 5.82 Å². The Balaban J connectivity index is 1.94. The lowest BCUT2D eigenvalue weighted by atomic mass is 9.94. The quantitative estimate of drug-likeness (QED) is 0.749. The maximum absolute atomic E-state index is 11.7. The molecule has 0 unspecified atom stereocenters. The van der Waals surface area contributed by atoms with Gasteiger partial charge in [-0.2, -0.15) is 4.98 Å². The molecule has 5 heteroatoms. The van der Waals surface area contributed by atoms with E-state index in [1.807, 2.05) is 6.08 Å². The first-order valence-corrected chi connectivity index (χ1v) is 5.02. The van der Waals surface area contributed by atoms with Crippen LogP contribution in [0, 0.1) is 12.8 Å². The molecule has 0 bridgehead atoms. The molecule has 5 nitrogen and oxygen atoms in total. The standard InChI is InChI=1S/C10H13N3O2/c1-7-11-10(15-13-7)12-9(14)8-5-3-2-4-6-8/h2-3,8H,4-6H2,1H3,(H,11,12,13,14)/t8-/m1/s1. The molecule has 1 aromatic rings. The minimum Gasteiger partial charge on any atom is -0.315 e. The van der Waals surface area contributed by atoms with Crippen LogP contribution in [0.15, 0.2) is 16.7 Å². The SMILES string of the molecule is Cc1noc(NC(=O)[C@@H]2CC=CCC2)n1. The maximum atomic E-state index is 11.7. The Labute approximate surface area is 87.6 Å². The van der Waals surface area contributed by atoms with Crippen LogP contribution in [0.25, 0.3) is 0 Å². The average molecular weight is 207 g/mol. The summed E-state index contributed by atoms with van der Waals surface area (Å²) in [5.41, 5.74) is 0. The van der Waals surface area contributed by atoms with Crippen molar-refractivity contribution >= 4 is 11.9 Å². The predicted octanol–water partition coefficient (Wildman–Crippen LogP) is 1.67. The van der Waals surface area contributed by atoms with E-state index in [4.69, 9.17) is 4.52 Å². The van der Waals surface area contributed by atoms with Crippen molar-refractivity contribution in [1.29, 1.82) is 0 Å². The molecule has 0 spiro atoms. The summed E-state index contributed by atoms with van der Waals surface area (Å²) in [4.78, 5) is 15.6. The molecule has 1 aliphatic carbocycles. The number of nitrogens with one attached hydrogen (secondary N) is 1. The first-order valence-electron chi connectivity index (χ1n) is 5.02. The highest BCUT2D eigenvalue weighted by Crippen LogP contribution is 2.19. The van der Waals surface area contributed by atoms with Gasteiger partial charge in [0.15, 0.2) is 5.82 Å². The third-order valence-corrected chi connectivity index (χ3v) is 2.40. The van der Waals surface area contributed by atoms with E-state index in [2.05, 4.69) is 21.5 Å². The fraction of sp³-hybridized carbons (Fsp3) is 0.500. The number of hydrogen-bond donors (Lipinski definition) is 1. The number of carbonyl (C=O) groups is 1.